The standard InChI is InChI=1S/C14H8Cl3NO2S/c1-20-11-3-2-7(15)4-8(11)10(6-18)13(19)9-5-12(16)21-14(9)17/h2-5,10H,1H3. The smallest absolute Gasteiger partial charge is 0.187 e. The van der Waals surface area contributed by atoms with Crippen molar-refractivity contribution in [2.75, 3.05) is 7.11 Å². The van der Waals surface area contributed by atoms with Gasteiger partial charge in [0.2, 0.25) is 0 Å². The number of benzene rings is 1. The van der Waals surface area contributed by atoms with Crippen molar-refractivity contribution in [3.63, 3.8) is 0 Å². The Morgan fingerprint density at radius 2 is 2.05 bits per heavy atom. The highest BCUT2D eigenvalue weighted by molar-refractivity contribution is 7.20. The highest BCUT2D eigenvalue weighted by Crippen LogP contribution is 2.37. The lowest BCUT2D eigenvalue weighted by molar-refractivity contribution is 0.0978. The van der Waals surface area contributed by atoms with E-state index in [1.807, 2.05) is 6.07 Å². The molecule has 0 amide bonds. The van der Waals surface area contributed by atoms with Gasteiger partial charge < -0.3 is 4.74 Å². The summed E-state index contributed by atoms with van der Waals surface area (Å²) in [5, 5.41) is 9.79. The second-order valence-corrected chi connectivity index (χ2v) is 6.77. The Morgan fingerprint density at radius 1 is 1.33 bits per heavy atom. The van der Waals surface area contributed by atoms with Crippen LogP contribution in [0.15, 0.2) is 24.3 Å². The predicted octanol–water partition coefficient (Wildman–Crippen LogP) is 5.21. The summed E-state index contributed by atoms with van der Waals surface area (Å²) < 4.78 is 5.83. The van der Waals surface area contributed by atoms with Crippen LogP contribution in [0.3, 0.4) is 0 Å². The van der Waals surface area contributed by atoms with Gasteiger partial charge >= 0.3 is 0 Å². The maximum absolute atomic E-state index is 12.5. The Hall–Kier alpha value is -1.25. The first kappa shape index (κ1) is 16.1. The monoisotopic (exact) mass is 359 g/mol. The molecule has 1 aromatic carbocycles. The molecule has 0 radical (unpaired) electrons. The van der Waals surface area contributed by atoms with Gasteiger partial charge in [0.25, 0.3) is 0 Å². The van der Waals surface area contributed by atoms with Crippen molar-refractivity contribution in [2.24, 2.45) is 0 Å². The van der Waals surface area contributed by atoms with Gasteiger partial charge in [0.1, 0.15) is 16.0 Å². The van der Waals surface area contributed by atoms with E-state index in [0.29, 0.717) is 20.7 Å². The zero-order chi connectivity index (χ0) is 15.6. The summed E-state index contributed by atoms with van der Waals surface area (Å²) >= 11 is 18.8. The summed E-state index contributed by atoms with van der Waals surface area (Å²) in [5.74, 6) is -1.09. The summed E-state index contributed by atoms with van der Waals surface area (Å²) in [5.41, 5.74) is 0.621. The van der Waals surface area contributed by atoms with E-state index in [4.69, 9.17) is 39.5 Å². The highest BCUT2D eigenvalue weighted by Gasteiger charge is 2.28. The third-order valence-electron chi connectivity index (χ3n) is 2.82. The van der Waals surface area contributed by atoms with Crippen LogP contribution in [0, 0.1) is 11.3 Å². The Balaban J connectivity index is 2.50. The highest BCUT2D eigenvalue weighted by atomic mass is 35.5. The fourth-order valence-electron chi connectivity index (χ4n) is 1.86. The second-order valence-electron chi connectivity index (χ2n) is 4.05. The summed E-state index contributed by atoms with van der Waals surface area (Å²) in [6.07, 6.45) is 0. The first-order valence-corrected chi connectivity index (χ1v) is 7.65. The Kier molecular flexibility index (Phi) is 5.13. The van der Waals surface area contributed by atoms with Gasteiger partial charge in [0.15, 0.2) is 5.78 Å². The maximum Gasteiger partial charge on any atom is 0.187 e. The van der Waals surface area contributed by atoms with Crippen molar-refractivity contribution in [1.82, 2.24) is 0 Å². The molecule has 108 valence electrons. The van der Waals surface area contributed by atoms with Gasteiger partial charge in [-0.15, -0.1) is 11.3 Å². The quantitative estimate of drug-likeness (QED) is 0.703. The molecule has 2 rings (SSSR count). The molecule has 0 fully saturated rings. The molecule has 0 spiro atoms. The van der Waals surface area contributed by atoms with Crippen molar-refractivity contribution in [3.05, 3.63) is 49.1 Å². The zero-order valence-corrected chi connectivity index (χ0v) is 13.8. The van der Waals surface area contributed by atoms with Gasteiger partial charge in [0.05, 0.1) is 23.1 Å². The van der Waals surface area contributed by atoms with E-state index in [0.717, 1.165) is 11.3 Å². The van der Waals surface area contributed by atoms with E-state index in [1.165, 1.54) is 19.2 Å². The number of carbonyl (C=O) groups excluding carboxylic acids is 1. The molecule has 3 nitrogen and oxygen atoms in total. The number of thiophene rings is 1. The number of nitrogens with zero attached hydrogens (tertiary/aromatic N) is 1. The number of nitriles is 1. The summed E-state index contributed by atoms with van der Waals surface area (Å²) in [4.78, 5) is 12.5. The molecule has 7 heteroatoms. The van der Waals surface area contributed by atoms with Crippen molar-refractivity contribution in [3.8, 4) is 11.8 Å². The third-order valence-corrected chi connectivity index (χ3v) is 4.54. The van der Waals surface area contributed by atoms with Gasteiger partial charge in [0, 0.05) is 10.6 Å². The van der Waals surface area contributed by atoms with Crippen LogP contribution in [0.5, 0.6) is 5.75 Å². The van der Waals surface area contributed by atoms with E-state index in [1.54, 1.807) is 12.1 Å². The molecule has 21 heavy (non-hydrogen) atoms. The number of ketones is 1. The topological polar surface area (TPSA) is 50.1 Å². The zero-order valence-electron chi connectivity index (χ0n) is 10.7. The lowest BCUT2D eigenvalue weighted by atomic mass is 9.92. The van der Waals surface area contributed by atoms with E-state index < -0.39 is 11.7 Å². The van der Waals surface area contributed by atoms with Gasteiger partial charge in [-0.05, 0) is 24.3 Å². The van der Waals surface area contributed by atoms with Gasteiger partial charge in [-0.25, -0.2) is 0 Å². The number of carbonyl (C=O) groups is 1. The average Bonchev–Trinajstić information content (AvgIpc) is 2.78. The molecular formula is C14H8Cl3NO2S. The molecule has 0 aliphatic carbocycles. The number of hydrogen-bond donors (Lipinski definition) is 0. The van der Waals surface area contributed by atoms with Crippen molar-refractivity contribution < 1.29 is 9.53 Å². The SMILES string of the molecule is COc1ccc(Cl)cc1C(C#N)C(=O)c1cc(Cl)sc1Cl. The fourth-order valence-corrected chi connectivity index (χ4v) is 3.52. The molecule has 1 atom stereocenters. The molecule has 1 heterocycles. The molecule has 0 saturated carbocycles. The molecule has 0 aliphatic rings. The summed E-state index contributed by atoms with van der Waals surface area (Å²) in [6.45, 7) is 0. The van der Waals surface area contributed by atoms with Crippen LogP contribution in [0.1, 0.15) is 21.8 Å². The molecule has 0 bridgehead atoms. The number of rotatable bonds is 4. The normalized spacial score (nSPS) is 11.8. The van der Waals surface area contributed by atoms with E-state index in [9.17, 15) is 10.1 Å². The summed E-state index contributed by atoms with van der Waals surface area (Å²) in [6, 6.07) is 8.19. The Labute approximate surface area is 140 Å². The number of methoxy groups -OCH3 is 1. The molecule has 0 saturated heterocycles. The minimum absolute atomic E-state index is 0.222. The molecule has 0 aliphatic heterocycles. The van der Waals surface area contributed by atoms with Crippen LogP contribution in [-0.2, 0) is 0 Å². The molecule has 1 unspecified atom stereocenters. The van der Waals surface area contributed by atoms with Crippen molar-refractivity contribution >= 4 is 51.9 Å². The summed E-state index contributed by atoms with van der Waals surface area (Å²) in [7, 11) is 1.46. The Morgan fingerprint density at radius 3 is 2.57 bits per heavy atom. The lowest BCUT2D eigenvalue weighted by Gasteiger charge is -2.13. The molecule has 2 aromatic rings. The maximum atomic E-state index is 12.5. The van der Waals surface area contributed by atoms with E-state index >= 15 is 0 Å². The first-order valence-electron chi connectivity index (χ1n) is 5.70. The fraction of sp³-hybridized carbons (Fsp3) is 0.143. The van der Waals surface area contributed by atoms with Crippen LogP contribution < -0.4 is 4.74 Å². The number of Topliss-reactive ketones (excluding diaryl/α,β-unsaturated/α-hetero) is 1. The second kappa shape index (κ2) is 6.67. The lowest BCUT2D eigenvalue weighted by Crippen LogP contribution is -2.12. The average molecular weight is 361 g/mol. The van der Waals surface area contributed by atoms with Crippen LogP contribution in [0.25, 0.3) is 0 Å². The Bertz CT molecular complexity index is 736. The van der Waals surface area contributed by atoms with Crippen LogP contribution in [0.4, 0.5) is 0 Å². The molecular weight excluding hydrogens is 353 g/mol. The number of ether oxygens (including phenoxy) is 1. The van der Waals surface area contributed by atoms with Gasteiger partial charge in [-0.2, -0.15) is 5.26 Å². The molecule has 1 aromatic heterocycles. The van der Waals surface area contributed by atoms with Gasteiger partial charge in [-0.1, -0.05) is 34.8 Å². The van der Waals surface area contributed by atoms with Crippen LogP contribution in [0.2, 0.25) is 13.7 Å². The number of hydrogen-bond acceptors (Lipinski definition) is 4. The largest absolute Gasteiger partial charge is 0.496 e. The van der Waals surface area contributed by atoms with Gasteiger partial charge in [-0.3, -0.25) is 4.79 Å². The minimum atomic E-state index is -1.07. The van der Waals surface area contributed by atoms with Crippen molar-refractivity contribution in [1.29, 1.82) is 5.26 Å². The molecule has 0 N–H and O–H groups in total. The number of halogens is 3. The van der Waals surface area contributed by atoms with E-state index in [2.05, 4.69) is 0 Å². The predicted molar refractivity (Wildman–Crippen MR) is 85.0 cm³/mol. The minimum Gasteiger partial charge on any atom is -0.496 e. The van der Waals surface area contributed by atoms with E-state index in [-0.39, 0.29) is 9.90 Å². The third kappa shape index (κ3) is 3.33. The van der Waals surface area contributed by atoms with Crippen LogP contribution >= 0.6 is 46.1 Å². The first-order chi connectivity index (χ1) is 9.97. The van der Waals surface area contributed by atoms with Crippen molar-refractivity contribution in [2.45, 2.75) is 5.92 Å². The van der Waals surface area contributed by atoms with Crippen LogP contribution in [-0.4, -0.2) is 12.9 Å².